The average molecular weight is 308 g/mol. The number of benzene rings is 1. The Balaban J connectivity index is 0.00000161. The zero-order chi connectivity index (χ0) is 13.9. The molecule has 2 aromatic rings. The van der Waals surface area contributed by atoms with E-state index in [1.165, 1.54) is 0 Å². The Morgan fingerprint density at radius 3 is 2.71 bits per heavy atom. The normalized spacial score (nSPS) is 14.1. The number of rotatable bonds is 4. The second kappa shape index (κ2) is 6.69. The highest BCUT2D eigenvalue weighted by atomic mass is 35.5. The number of halogens is 1. The molecule has 3 rings (SSSR count). The van der Waals surface area contributed by atoms with Gasteiger partial charge in [-0.15, -0.1) is 17.5 Å². The number of hydrogen-bond acceptors (Lipinski definition) is 4. The van der Waals surface area contributed by atoms with Crippen LogP contribution in [0, 0.1) is 12.8 Å². The first-order valence-electron chi connectivity index (χ1n) is 6.72. The number of aromatic nitrogens is 3. The topological polar surface area (TPSA) is 71.8 Å². The number of carbonyl (C=O) groups excluding carboxylic acids is 1. The lowest BCUT2D eigenvalue weighted by atomic mass is 10.0. The zero-order valence-electron chi connectivity index (χ0n) is 11.7. The van der Waals surface area contributed by atoms with Crippen molar-refractivity contribution in [2.24, 2.45) is 5.92 Å². The number of nitrogens with zero attached hydrogens (tertiary/aromatic N) is 3. The van der Waals surface area contributed by atoms with Gasteiger partial charge in [-0.25, -0.2) is 4.68 Å². The highest BCUT2D eigenvalue weighted by Gasteiger charge is 2.21. The van der Waals surface area contributed by atoms with Gasteiger partial charge in [0.2, 0.25) is 0 Å². The van der Waals surface area contributed by atoms with Crippen molar-refractivity contribution in [1.82, 2.24) is 25.6 Å². The van der Waals surface area contributed by atoms with Crippen LogP contribution in [-0.4, -0.2) is 40.5 Å². The van der Waals surface area contributed by atoms with Gasteiger partial charge >= 0.3 is 0 Å². The van der Waals surface area contributed by atoms with Gasteiger partial charge in [0, 0.05) is 25.6 Å². The van der Waals surface area contributed by atoms with Crippen molar-refractivity contribution in [3.8, 4) is 5.69 Å². The molecule has 6 nitrogen and oxygen atoms in total. The van der Waals surface area contributed by atoms with Gasteiger partial charge in [0.1, 0.15) is 0 Å². The van der Waals surface area contributed by atoms with E-state index in [-0.39, 0.29) is 18.3 Å². The first-order chi connectivity index (χ1) is 9.75. The summed E-state index contributed by atoms with van der Waals surface area (Å²) in [5.41, 5.74) is 2.04. The molecule has 2 N–H and O–H groups in total. The Bertz CT molecular complexity index is 609. The molecule has 1 aromatic heterocycles. The minimum absolute atomic E-state index is 0. The van der Waals surface area contributed by atoms with Gasteiger partial charge in [-0.3, -0.25) is 4.79 Å². The lowest BCUT2D eigenvalue weighted by Crippen LogP contribution is -2.48. The molecule has 0 radical (unpaired) electrons. The van der Waals surface area contributed by atoms with E-state index in [2.05, 4.69) is 20.9 Å². The number of hydrogen-bond donors (Lipinski definition) is 2. The van der Waals surface area contributed by atoms with Crippen LogP contribution in [0.1, 0.15) is 16.2 Å². The molecule has 7 heteroatoms. The molecule has 1 amide bonds. The maximum Gasteiger partial charge on any atom is 0.273 e. The summed E-state index contributed by atoms with van der Waals surface area (Å²) in [6.45, 7) is 4.47. The molecule has 1 saturated heterocycles. The molecule has 1 aromatic carbocycles. The predicted molar refractivity (Wildman–Crippen MR) is 82.0 cm³/mol. The first-order valence-corrected chi connectivity index (χ1v) is 6.72. The van der Waals surface area contributed by atoms with Crippen molar-refractivity contribution >= 4 is 18.3 Å². The third-order valence-corrected chi connectivity index (χ3v) is 3.53. The number of nitrogens with one attached hydrogen (secondary N) is 2. The molecule has 0 atom stereocenters. The van der Waals surface area contributed by atoms with Gasteiger partial charge < -0.3 is 10.6 Å². The molecular formula is C14H18ClN5O. The lowest BCUT2D eigenvalue weighted by molar-refractivity contribution is 0.0936. The van der Waals surface area contributed by atoms with Crippen molar-refractivity contribution in [3.05, 3.63) is 41.7 Å². The first kappa shape index (κ1) is 15.5. The molecule has 1 aliphatic heterocycles. The Hall–Kier alpha value is -1.92. The summed E-state index contributed by atoms with van der Waals surface area (Å²) in [6.07, 6.45) is 0. The standard InChI is InChI=1S/C14H17N5O.ClH/c1-10-13(14(20)16-9-11-7-15-8-11)17-18-19(10)12-5-3-2-4-6-12;/h2-6,11,15H,7-9H2,1H3,(H,16,20);1H. The van der Waals surface area contributed by atoms with Gasteiger partial charge in [0.25, 0.3) is 5.91 Å². The lowest BCUT2D eigenvalue weighted by Gasteiger charge is -2.26. The molecule has 2 heterocycles. The highest BCUT2D eigenvalue weighted by Crippen LogP contribution is 2.11. The molecule has 0 aliphatic carbocycles. The molecule has 0 saturated carbocycles. The molecule has 1 aliphatic rings. The Kier molecular flexibility index (Phi) is 4.93. The van der Waals surface area contributed by atoms with Gasteiger partial charge in [-0.2, -0.15) is 0 Å². The Morgan fingerprint density at radius 1 is 1.38 bits per heavy atom. The van der Waals surface area contributed by atoms with Crippen LogP contribution in [0.15, 0.2) is 30.3 Å². The molecule has 0 bridgehead atoms. The van der Waals surface area contributed by atoms with Crippen molar-refractivity contribution in [2.75, 3.05) is 19.6 Å². The fraction of sp³-hybridized carbons (Fsp3) is 0.357. The van der Waals surface area contributed by atoms with Crippen LogP contribution >= 0.6 is 12.4 Å². The van der Waals surface area contributed by atoms with Crippen LogP contribution in [0.3, 0.4) is 0 Å². The minimum Gasteiger partial charge on any atom is -0.350 e. The summed E-state index contributed by atoms with van der Waals surface area (Å²) < 4.78 is 1.68. The van der Waals surface area contributed by atoms with E-state index in [4.69, 9.17) is 0 Å². The van der Waals surface area contributed by atoms with Crippen molar-refractivity contribution in [2.45, 2.75) is 6.92 Å². The maximum absolute atomic E-state index is 12.1. The Labute approximate surface area is 129 Å². The van der Waals surface area contributed by atoms with E-state index in [1.807, 2.05) is 37.3 Å². The van der Waals surface area contributed by atoms with Crippen LogP contribution in [0.5, 0.6) is 0 Å². The monoisotopic (exact) mass is 307 g/mol. The zero-order valence-corrected chi connectivity index (χ0v) is 12.6. The average Bonchev–Trinajstić information content (AvgIpc) is 2.80. The van der Waals surface area contributed by atoms with Crippen LogP contribution in [0.2, 0.25) is 0 Å². The summed E-state index contributed by atoms with van der Waals surface area (Å²) in [5.74, 6) is 0.375. The number of para-hydroxylation sites is 1. The summed E-state index contributed by atoms with van der Waals surface area (Å²) in [6, 6.07) is 9.67. The summed E-state index contributed by atoms with van der Waals surface area (Å²) >= 11 is 0. The highest BCUT2D eigenvalue weighted by molar-refractivity contribution is 5.93. The van der Waals surface area contributed by atoms with E-state index >= 15 is 0 Å². The molecule has 21 heavy (non-hydrogen) atoms. The van der Waals surface area contributed by atoms with Gasteiger partial charge in [0.05, 0.1) is 11.4 Å². The van der Waals surface area contributed by atoms with Gasteiger partial charge in [0.15, 0.2) is 5.69 Å². The minimum atomic E-state index is -0.156. The van der Waals surface area contributed by atoms with Crippen molar-refractivity contribution < 1.29 is 4.79 Å². The third-order valence-electron chi connectivity index (χ3n) is 3.53. The van der Waals surface area contributed by atoms with Crippen molar-refractivity contribution in [3.63, 3.8) is 0 Å². The summed E-state index contributed by atoms with van der Waals surface area (Å²) in [4.78, 5) is 12.1. The summed E-state index contributed by atoms with van der Waals surface area (Å²) in [5, 5.41) is 14.2. The number of carbonyl (C=O) groups is 1. The van der Waals surface area contributed by atoms with E-state index in [0.29, 0.717) is 18.2 Å². The smallest absolute Gasteiger partial charge is 0.273 e. The molecule has 112 valence electrons. The second-order valence-electron chi connectivity index (χ2n) is 5.01. The summed E-state index contributed by atoms with van der Waals surface area (Å²) in [7, 11) is 0. The third kappa shape index (κ3) is 3.22. The molecule has 0 spiro atoms. The second-order valence-corrected chi connectivity index (χ2v) is 5.01. The van der Waals surface area contributed by atoms with Crippen molar-refractivity contribution in [1.29, 1.82) is 0 Å². The molecular weight excluding hydrogens is 290 g/mol. The largest absolute Gasteiger partial charge is 0.350 e. The SMILES string of the molecule is Cc1c(C(=O)NCC2CNC2)nnn1-c1ccccc1.Cl. The molecule has 1 fully saturated rings. The van der Waals surface area contributed by atoms with E-state index < -0.39 is 0 Å². The van der Waals surface area contributed by atoms with E-state index in [0.717, 1.165) is 24.5 Å². The van der Waals surface area contributed by atoms with Crippen LogP contribution in [0.4, 0.5) is 0 Å². The maximum atomic E-state index is 12.1. The molecule has 0 unspecified atom stereocenters. The fourth-order valence-electron chi connectivity index (χ4n) is 2.17. The Morgan fingerprint density at radius 2 is 2.10 bits per heavy atom. The predicted octanol–water partition coefficient (Wildman–Crippen LogP) is 0.947. The van der Waals surface area contributed by atoms with Crippen LogP contribution in [0.25, 0.3) is 5.69 Å². The fourth-order valence-corrected chi connectivity index (χ4v) is 2.17. The van der Waals surface area contributed by atoms with E-state index in [1.54, 1.807) is 4.68 Å². The van der Waals surface area contributed by atoms with Crippen LogP contribution < -0.4 is 10.6 Å². The van der Waals surface area contributed by atoms with Gasteiger partial charge in [-0.05, 0) is 19.1 Å². The van der Waals surface area contributed by atoms with Gasteiger partial charge in [-0.1, -0.05) is 23.4 Å². The van der Waals surface area contributed by atoms with E-state index in [9.17, 15) is 4.79 Å². The number of amides is 1. The van der Waals surface area contributed by atoms with Crippen LogP contribution in [-0.2, 0) is 0 Å². The quantitative estimate of drug-likeness (QED) is 0.882.